The Kier molecular flexibility index (Phi) is 4.49. The smallest absolute Gasteiger partial charge is 0.267 e. The number of hydrogen-bond acceptors (Lipinski definition) is 4. The first-order valence-corrected chi connectivity index (χ1v) is 7.00. The van der Waals surface area contributed by atoms with E-state index in [0.717, 1.165) is 41.9 Å². The van der Waals surface area contributed by atoms with Crippen LogP contribution in [-0.2, 0) is 4.79 Å². The van der Waals surface area contributed by atoms with Gasteiger partial charge in [-0.15, -0.1) is 4.91 Å². The van der Waals surface area contributed by atoms with Crippen molar-refractivity contribution in [2.45, 2.75) is 39.2 Å². The van der Waals surface area contributed by atoms with Gasteiger partial charge in [-0.1, -0.05) is 24.6 Å². The third-order valence-electron chi connectivity index (χ3n) is 4.00. The Morgan fingerprint density at radius 3 is 2.50 bits per heavy atom. The number of piperidine rings is 1. The van der Waals surface area contributed by atoms with E-state index < -0.39 is 0 Å². The van der Waals surface area contributed by atoms with Gasteiger partial charge in [0.15, 0.2) is 0 Å². The lowest BCUT2D eigenvalue weighted by atomic mass is 10.0. The molecule has 0 aromatic heterocycles. The van der Waals surface area contributed by atoms with E-state index in [1.165, 1.54) is 0 Å². The van der Waals surface area contributed by atoms with Gasteiger partial charge in [0.25, 0.3) is 5.91 Å². The molecule has 1 unspecified atom stereocenters. The summed E-state index contributed by atoms with van der Waals surface area (Å²) in [5, 5.41) is 4.04. The second kappa shape index (κ2) is 6.13. The van der Waals surface area contributed by atoms with Crippen molar-refractivity contribution in [3.8, 4) is 0 Å². The number of likely N-dealkylation sites (tertiary alicyclic amines) is 1. The van der Waals surface area contributed by atoms with Crippen molar-refractivity contribution in [2.75, 3.05) is 18.6 Å². The minimum absolute atomic E-state index is 0.223. The van der Waals surface area contributed by atoms with Crippen LogP contribution in [0.2, 0.25) is 0 Å². The van der Waals surface area contributed by atoms with Crippen molar-refractivity contribution in [1.29, 1.82) is 0 Å². The van der Waals surface area contributed by atoms with Gasteiger partial charge < -0.3 is 0 Å². The van der Waals surface area contributed by atoms with E-state index in [9.17, 15) is 9.70 Å². The molecule has 5 nitrogen and oxygen atoms in total. The number of carbonyl (C=O) groups excluding carboxylic acids is 1. The summed E-state index contributed by atoms with van der Waals surface area (Å²) in [5.41, 5.74) is 2.39. The highest BCUT2D eigenvalue weighted by Gasteiger charge is 2.32. The first-order valence-electron chi connectivity index (χ1n) is 7.00. The Morgan fingerprint density at radius 1 is 1.30 bits per heavy atom. The Hall–Kier alpha value is -1.75. The lowest BCUT2D eigenvalue weighted by molar-refractivity contribution is -0.124. The molecule has 1 aromatic rings. The lowest BCUT2D eigenvalue weighted by Gasteiger charge is -2.33. The lowest BCUT2D eigenvalue weighted by Crippen LogP contribution is -2.48. The van der Waals surface area contributed by atoms with Crippen molar-refractivity contribution in [1.82, 2.24) is 4.90 Å². The summed E-state index contributed by atoms with van der Waals surface area (Å²) in [6, 6.07) is 5.44. The molecule has 0 bridgehead atoms. The average molecular weight is 275 g/mol. The highest BCUT2D eigenvalue weighted by atomic mass is 16.3. The third kappa shape index (κ3) is 2.72. The van der Waals surface area contributed by atoms with Crippen molar-refractivity contribution in [3.05, 3.63) is 34.2 Å². The maximum Gasteiger partial charge on any atom is 0.267 e. The van der Waals surface area contributed by atoms with E-state index in [0.29, 0.717) is 5.69 Å². The number of anilines is 1. The predicted octanol–water partition coefficient (Wildman–Crippen LogP) is 2.80. The molecule has 0 spiro atoms. The number of carbonyl (C=O) groups is 1. The van der Waals surface area contributed by atoms with Crippen LogP contribution in [0.3, 0.4) is 0 Å². The summed E-state index contributed by atoms with van der Waals surface area (Å²) < 4.78 is 0. The second-order valence-electron chi connectivity index (χ2n) is 5.46. The number of hydrogen-bond donors (Lipinski definition) is 0. The number of rotatable bonds is 3. The first-order chi connectivity index (χ1) is 9.56. The molecular formula is C15H21N3O2. The third-order valence-corrected chi connectivity index (χ3v) is 4.00. The monoisotopic (exact) mass is 275 g/mol. The number of nitrogens with zero attached hydrogens (tertiary/aromatic N) is 3. The van der Waals surface area contributed by atoms with Gasteiger partial charge in [0.2, 0.25) is 0 Å². The molecule has 0 saturated carbocycles. The molecule has 0 N–H and O–H groups in total. The zero-order chi connectivity index (χ0) is 14.7. The largest absolute Gasteiger partial charge is 0.295 e. The minimum Gasteiger partial charge on any atom is -0.295 e. The van der Waals surface area contributed by atoms with Crippen LogP contribution in [0.4, 0.5) is 5.69 Å². The van der Waals surface area contributed by atoms with Crippen LogP contribution in [0, 0.1) is 18.8 Å². The van der Waals surface area contributed by atoms with Gasteiger partial charge in [-0.25, -0.2) is 0 Å². The van der Waals surface area contributed by atoms with Gasteiger partial charge in [-0.05, 0) is 51.4 Å². The summed E-state index contributed by atoms with van der Waals surface area (Å²) in [5.74, 6) is -0.223. The van der Waals surface area contributed by atoms with Crippen LogP contribution in [0.1, 0.15) is 30.4 Å². The molecule has 1 heterocycles. The Bertz CT molecular complexity index is 496. The zero-order valence-corrected chi connectivity index (χ0v) is 12.3. The molecule has 1 aliphatic rings. The van der Waals surface area contributed by atoms with Gasteiger partial charge in [0, 0.05) is 0 Å². The van der Waals surface area contributed by atoms with Crippen molar-refractivity contribution in [3.63, 3.8) is 0 Å². The van der Waals surface area contributed by atoms with Crippen molar-refractivity contribution < 1.29 is 4.79 Å². The minimum atomic E-state index is -0.250. The van der Waals surface area contributed by atoms with Crippen LogP contribution in [0.5, 0.6) is 0 Å². The highest BCUT2D eigenvalue weighted by molar-refractivity contribution is 5.97. The molecule has 1 aromatic carbocycles. The molecule has 20 heavy (non-hydrogen) atoms. The normalized spacial score (nSPS) is 19.6. The topological polar surface area (TPSA) is 53.0 Å². The molecule has 1 fully saturated rings. The summed E-state index contributed by atoms with van der Waals surface area (Å²) in [4.78, 5) is 25.9. The van der Waals surface area contributed by atoms with Gasteiger partial charge in [-0.3, -0.25) is 9.69 Å². The van der Waals surface area contributed by atoms with E-state index >= 15 is 0 Å². The molecular weight excluding hydrogens is 254 g/mol. The summed E-state index contributed by atoms with van der Waals surface area (Å²) in [6.45, 7) is 4.66. The molecule has 1 amide bonds. The number of likely N-dealkylation sites (N-methyl/N-ethyl adjacent to an activating group) is 1. The van der Waals surface area contributed by atoms with E-state index in [1.807, 2.05) is 44.0 Å². The fourth-order valence-corrected chi connectivity index (χ4v) is 2.86. The SMILES string of the molecule is Cc1cccc(C)c1N(N=O)C(=O)C1CCCCN1C. The van der Waals surface area contributed by atoms with Gasteiger partial charge in [0.1, 0.15) is 0 Å². The van der Waals surface area contributed by atoms with E-state index in [4.69, 9.17) is 0 Å². The fourth-order valence-electron chi connectivity index (χ4n) is 2.86. The van der Waals surface area contributed by atoms with Gasteiger partial charge in [0.05, 0.1) is 17.0 Å². The van der Waals surface area contributed by atoms with Gasteiger partial charge in [-0.2, -0.15) is 5.01 Å². The number of nitroso groups, excluding NO2 is 1. The number of amides is 1. The fraction of sp³-hybridized carbons (Fsp3) is 0.533. The maximum atomic E-state index is 12.6. The Morgan fingerprint density at radius 2 is 1.95 bits per heavy atom. The molecule has 5 heteroatoms. The van der Waals surface area contributed by atoms with Gasteiger partial charge >= 0.3 is 0 Å². The Balaban J connectivity index is 2.32. The van der Waals surface area contributed by atoms with Crippen LogP contribution < -0.4 is 5.01 Å². The first kappa shape index (κ1) is 14.7. The second-order valence-corrected chi connectivity index (χ2v) is 5.46. The summed E-state index contributed by atoms with van der Waals surface area (Å²) >= 11 is 0. The highest BCUT2D eigenvalue weighted by Crippen LogP contribution is 2.27. The van der Waals surface area contributed by atoms with E-state index in [1.54, 1.807) is 0 Å². The van der Waals surface area contributed by atoms with Crippen LogP contribution >= 0.6 is 0 Å². The molecule has 2 rings (SSSR count). The quantitative estimate of drug-likeness (QED) is 0.629. The molecule has 1 atom stereocenters. The maximum absolute atomic E-state index is 12.6. The summed E-state index contributed by atoms with van der Waals surface area (Å²) in [7, 11) is 1.93. The van der Waals surface area contributed by atoms with Crippen molar-refractivity contribution >= 4 is 11.6 Å². The molecule has 108 valence electrons. The van der Waals surface area contributed by atoms with Crippen LogP contribution in [0.25, 0.3) is 0 Å². The van der Waals surface area contributed by atoms with E-state index in [-0.39, 0.29) is 11.9 Å². The predicted molar refractivity (Wildman–Crippen MR) is 79.5 cm³/mol. The standard InChI is InChI=1S/C15H21N3O2/c1-11-7-6-8-12(2)14(11)18(16-20)15(19)13-9-4-5-10-17(13)3/h6-8,13H,4-5,9-10H2,1-3H3. The van der Waals surface area contributed by atoms with Crippen LogP contribution in [-0.4, -0.2) is 30.4 Å². The van der Waals surface area contributed by atoms with E-state index in [2.05, 4.69) is 5.29 Å². The average Bonchev–Trinajstić information content (AvgIpc) is 2.43. The Labute approximate surface area is 119 Å². The summed E-state index contributed by atoms with van der Waals surface area (Å²) in [6.07, 6.45) is 2.89. The number of benzene rings is 1. The molecule has 1 saturated heterocycles. The molecule has 0 radical (unpaired) electrons. The number of para-hydroxylation sites is 1. The molecule has 0 aliphatic carbocycles. The van der Waals surface area contributed by atoms with Crippen molar-refractivity contribution in [2.24, 2.45) is 5.29 Å². The zero-order valence-electron chi connectivity index (χ0n) is 12.3. The number of aryl methyl sites for hydroxylation is 2. The van der Waals surface area contributed by atoms with Crippen LogP contribution in [0.15, 0.2) is 23.5 Å². The molecule has 1 aliphatic heterocycles.